The van der Waals surface area contributed by atoms with Gasteiger partial charge in [0.1, 0.15) is 0 Å². The SMILES string of the molecule is CCCCCCCCC1(CCCCCCCC)C2CC(c3nnc(C4CCC5C(C4)C4CCCCC4N5C(C)CC)o3)CCC2C2CCC(c3nnc(C4CCCC5CCCCC54)o3)CC21. The lowest BCUT2D eigenvalue weighted by molar-refractivity contribution is 0.0397. The van der Waals surface area contributed by atoms with E-state index in [1.54, 1.807) is 0 Å². The molecule has 0 aromatic carbocycles. The molecule has 370 valence electrons. The molecule has 10 rings (SSSR count). The summed E-state index contributed by atoms with van der Waals surface area (Å²) in [5, 5.41) is 20.0. The standard InChI is InChI=1S/C59H97N5O2/c1-5-8-10-12-14-20-35-59(36-21-15-13-11-9-6-2)51-38-43(56-61-60-55(65-56)42-31-34-54-50(37-42)48-26-18-19-28-53(48)64(54)40(4)7-3)29-32-46(51)47-33-30-44(39-52(47)59)57-62-63-58(66-57)49-27-22-24-41-23-16-17-25-45(41)49/h40-54H,5-39H2,1-4H3. The van der Waals surface area contributed by atoms with Gasteiger partial charge in [-0.1, -0.05) is 143 Å². The van der Waals surface area contributed by atoms with Crippen molar-refractivity contribution in [3.8, 4) is 0 Å². The number of hydrogen-bond acceptors (Lipinski definition) is 7. The molecule has 0 radical (unpaired) electrons. The minimum Gasteiger partial charge on any atom is -0.425 e. The van der Waals surface area contributed by atoms with Crippen molar-refractivity contribution < 1.29 is 8.83 Å². The highest BCUT2D eigenvalue weighted by Gasteiger charge is 2.62. The van der Waals surface area contributed by atoms with Crippen LogP contribution in [-0.4, -0.2) is 43.4 Å². The Labute approximate surface area is 403 Å². The third-order valence-electron chi connectivity index (χ3n) is 21.7. The van der Waals surface area contributed by atoms with E-state index in [-0.39, 0.29) is 0 Å². The molecule has 2 aromatic rings. The third-order valence-corrected chi connectivity index (χ3v) is 21.7. The molecule has 0 amide bonds. The van der Waals surface area contributed by atoms with E-state index in [1.807, 2.05) is 0 Å². The highest BCUT2D eigenvalue weighted by atomic mass is 16.4. The van der Waals surface area contributed by atoms with Gasteiger partial charge in [0, 0.05) is 41.8 Å². The van der Waals surface area contributed by atoms with Crippen LogP contribution in [0, 0.1) is 52.8 Å². The van der Waals surface area contributed by atoms with Crippen LogP contribution in [0.2, 0.25) is 0 Å². The number of nitrogens with zero attached hydrogens (tertiary/aromatic N) is 5. The Morgan fingerprint density at radius 2 is 0.970 bits per heavy atom. The summed E-state index contributed by atoms with van der Waals surface area (Å²) in [5.41, 5.74) is 0.394. The zero-order valence-electron chi connectivity index (χ0n) is 43.0. The predicted octanol–water partition coefficient (Wildman–Crippen LogP) is 16.7. The van der Waals surface area contributed by atoms with Gasteiger partial charge in [-0.05, 0) is 162 Å². The fourth-order valence-corrected chi connectivity index (χ4v) is 18.5. The number of fused-ring (bicyclic) bond motifs is 7. The lowest BCUT2D eigenvalue weighted by Crippen LogP contribution is -2.45. The molecule has 0 spiro atoms. The summed E-state index contributed by atoms with van der Waals surface area (Å²) in [5.74, 6) is 12.4. The Hall–Kier alpha value is -1.76. The van der Waals surface area contributed by atoms with E-state index >= 15 is 0 Å². The normalized spacial score (nSPS) is 38.0. The summed E-state index contributed by atoms with van der Waals surface area (Å²) in [6.45, 7) is 9.64. The summed E-state index contributed by atoms with van der Waals surface area (Å²) >= 11 is 0. The predicted molar refractivity (Wildman–Crippen MR) is 267 cm³/mol. The first-order valence-corrected chi connectivity index (χ1v) is 29.9. The highest BCUT2D eigenvalue weighted by molar-refractivity contribution is 5.15. The van der Waals surface area contributed by atoms with Crippen molar-refractivity contribution in [2.75, 3.05) is 0 Å². The van der Waals surface area contributed by atoms with Gasteiger partial charge in [-0.3, -0.25) is 4.90 Å². The molecular formula is C59H97N5O2. The smallest absolute Gasteiger partial charge is 0.219 e. The van der Waals surface area contributed by atoms with Gasteiger partial charge >= 0.3 is 0 Å². The quantitative estimate of drug-likeness (QED) is 0.122. The molecule has 8 fully saturated rings. The van der Waals surface area contributed by atoms with E-state index in [0.29, 0.717) is 35.1 Å². The zero-order chi connectivity index (χ0) is 45.0. The number of unbranched alkanes of at least 4 members (excludes halogenated alkanes) is 10. The number of hydrogen-bond donors (Lipinski definition) is 0. The van der Waals surface area contributed by atoms with Crippen molar-refractivity contribution in [2.45, 2.75) is 294 Å². The monoisotopic (exact) mass is 908 g/mol. The van der Waals surface area contributed by atoms with E-state index in [0.717, 1.165) is 83.0 Å². The first-order valence-electron chi connectivity index (χ1n) is 29.9. The molecule has 15 atom stereocenters. The molecule has 2 aromatic heterocycles. The molecule has 3 heterocycles. The molecule has 0 bridgehead atoms. The molecule has 66 heavy (non-hydrogen) atoms. The van der Waals surface area contributed by atoms with E-state index in [2.05, 4.69) is 32.6 Å². The summed E-state index contributed by atoms with van der Waals surface area (Å²) in [6, 6.07) is 2.28. The third kappa shape index (κ3) is 9.69. The van der Waals surface area contributed by atoms with Gasteiger partial charge in [0.2, 0.25) is 23.6 Å². The number of aromatic nitrogens is 4. The molecule has 1 saturated heterocycles. The van der Waals surface area contributed by atoms with E-state index in [9.17, 15) is 0 Å². The molecule has 7 nitrogen and oxygen atoms in total. The average Bonchev–Trinajstić information content (AvgIpc) is 4.17. The van der Waals surface area contributed by atoms with Gasteiger partial charge < -0.3 is 8.83 Å². The molecule has 7 aliphatic carbocycles. The Morgan fingerprint density at radius 1 is 0.470 bits per heavy atom. The molecule has 15 unspecified atom stereocenters. The highest BCUT2D eigenvalue weighted by Crippen LogP contribution is 2.69. The maximum atomic E-state index is 7.05. The van der Waals surface area contributed by atoms with Crippen LogP contribution in [0.25, 0.3) is 0 Å². The van der Waals surface area contributed by atoms with Crippen molar-refractivity contribution in [1.82, 2.24) is 25.3 Å². The molecular weight excluding hydrogens is 811 g/mol. The van der Waals surface area contributed by atoms with Gasteiger partial charge in [0.25, 0.3) is 0 Å². The molecule has 7 heteroatoms. The van der Waals surface area contributed by atoms with Crippen LogP contribution in [0.4, 0.5) is 0 Å². The molecule has 0 N–H and O–H groups in total. The first kappa shape index (κ1) is 47.9. The van der Waals surface area contributed by atoms with Crippen molar-refractivity contribution >= 4 is 0 Å². The Balaban J connectivity index is 0.885. The second-order valence-corrected chi connectivity index (χ2v) is 25.0. The van der Waals surface area contributed by atoms with Gasteiger partial charge in [0.05, 0.1) is 0 Å². The Bertz CT molecular complexity index is 1770. The molecule has 7 saturated carbocycles. The topological polar surface area (TPSA) is 81.1 Å². The lowest BCUT2D eigenvalue weighted by Gasteiger charge is -2.46. The number of likely N-dealkylation sites (tertiary alicyclic amines) is 1. The van der Waals surface area contributed by atoms with Gasteiger partial charge in [0.15, 0.2) is 0 Å². The van der Waals surface area contributed by atoms with E-state index < -0.39 is 0 Å². The van der Waals surface area contributed by atoms with Crippen LogP contribution in [-0.2, 0) is 0 Å². The minimum atomic E-state index is 0.394. The fraction of sp³-hybridized carbons (Fsp3) is 0.932. The van der Waals surface area contributed by atoms with Crippen LogP contribution in [0.1, 0.15) is 300 Å². The average molecular weight is 908 g/mol. The molecule has 1 aliphatic heterocycles. The molecule has 8 aliphatic rings. The number of rotatable bonds is 20. The van der Waals surface area contributed by atoms with Crippen LogP contribution in [0.5, 0.6) is 0 Å². The maximum Gasteiger partial charge on any atom is 0.219 e. The maximum absolute atomic E-state index is 7.05. The zero-order valence-corrected chi connectivity index (χ0v) is 43.0. The summed E-state index contributed by atoms with van der Waals surface area (Å²) in [6.07, 6.45) is 47.7. The van der Waals surface area contributed by atoms with Crippen molar-refractivity contribution in [2.24, 2.45) is 52.8 Å². The van der Waals surface area contributed by atoms with Crippen LogP contribution in [0.15, 0.2) is 8.83 Å². The van der Waals surface area contributed by atoms with Crippen LogP contribution >= 0.6 is 0 Å². The van der Waals surface area contributed by atoms with Gasteiger partial charge in [-0.15, -0.1) is 20.4 Å². The van der Waals surface area contributed by atoms with Gasteiger partial charge in [-0.25, -0.2) is 0 Å². The lowest BCUT2D eigenvalue weighted by atomic mass is 9.58. The van der Waals surface area contributed by atoms with E-state index in [4.69, 9.17) is 29.2 Å². The van der Waals surface area contributed by atoms with E-state index in [1.165, 1.54) is 225 Å². The van der Waals surface area contributed by atoms with Crippen molar-refractivity contribution in [3.05, 3.63) is 23.6 Å². The first-order chi connectivity index (χ1) is 32.5. The second kappa shape index (κ2) is 22.1. The second-order valence-electron chi connectivity index (χ2n) is 25.0. The Morgan fingerprint density at radius 3 is 1.61 bits per heavy atom. The van der Waals surface area contributed by atoms with Crippen LogP contribution in [0.3, 0.4) is 0 Å². The summed E-state index contributed by atoms with van der Waals surface area (Å²) in [7, 11) is 0. The fourth-order valence-electron chi connectivity index (χ4n) is 18.5. The summed E-state index contributed by atoms with van der Waals surface area (Å²) in [4.78, 5) is 3.02. The van der Waals surface area contributed by atoms with Gasteiger partial charge in [-0.2, -0.15) is 0 Å². The minimum absolute atomic E-state index is 0.394. The van der Waals surface area contributed by atoms with Crippen molar-refractivity contribution in [1.29, 1.82) is 0 Å². The summed E-state index contributed by atoms with van der Waals surface area (Å²) < 4.78 is 14.0. The van der Waals surface area contributed by atoms with Crippen molar-refractivity contribution in [3.63, 3.8) is 0 Å². The largest absolute Gasteiger partial charge is 0.425 e. The Kier molecular flexibility index (Phi) is 16.1. The van der Waals surface area contributed by atoms with Crippen LogP contribution < -0.4 is 0 Å².